The number of aromatic nitrogens is 2. The summed E-state index contributed by atoms with van der Waals surface area (Å²) in [5.74, 6) is 1.32. The molecule has 0 bridgehead atoms. The van der Waals surface area contributed by atoms with E-state index in [1.165, 1.54) is 0 Å². The average Bonchev–Trinajstić information content (AvgIpc) is 2.30. The topological polar surface area (TPSA) is 61.0 Å². The summed E-state index contributed by atoms with van der Waals surface area (Å²) >= 11 is 3.40. The van der Waals surface area contributed by atoms with Gasteiger partial charge in [0.1, 0.15) is 5.75 Å². The molecule has 1 aromatic heterocycles. The number of methoxy groups -OCH3 is 1. The maximum Gasteiger partial charge on any atom is 0.163 e. The average molecular weight is 280 g/mol. The second-order valence-corrected chi connectivity index (χ2v) is 4.10. The van der Waals surface area contributed by atoms with Gasteiger partial charge < -0.3 is 10.5 Å². The van der Waals surface area contributed by atoms with Crippen LogP contribution < -0.4 is 10.5 Å². The molecule has 0 unspecified atom stereocenters. The van der Waals surface area contributed by atoms with Crippen LogP contribution in [0, 0.1) is 0 Å². The zero-order valence-corrected chi connectivity index (χ0v) is 10.2. The molecule has 0 aliphatic rings. The number of nitrogens with zero attached hydrogens (tertiary/aromatic N) is 2. The van der Waals surface area contributed by atoms with Crippen molar-refractivity contribution in [3.8, 4) is 17.1 Å². The third-order valence-corrected chi connectivity index (χ3v) is 2.57. The highest BCUT2D eigenvalue weighted by atomic mass is 79.9. The van der Waals surface area contributed by atoms with Gasteiger partial charge in [0.15, 0.2) is 5.82 Å². The van der Waals surface area contributed by atoms with Gasteiger partial charge in [-0.3, -0.25) is 0 Å². The smallest absolute Gasteiger partial charge is 0.163 e. The second-order valence-electron chi connectivity index (χ2n) is 3.18. The molecular weight excluding hydrogens is 270 g/mol. The van der Waals surface area contributed by atoms with E-state index in [-0.39, 0.29) is 0 Å². The van der Waals surface area contributed by atoms with Crippen LogP contribution in [0.4, 0.5) is 5.69 Å². The monoisotopic (exact) mass is 279 g/mol. The van der Waals surface area contributed by atoms with E-state index in [9.17, 15) is 0 Å². The summed E-state index contributed by atoms with van der Waals surface area (Å²) in [6, 6.07) is 5.67. The van der Waals surface area contributed by atoms with Gasteiger partial charge in [-0.2, -0.15) is 0 Å². The van der Waals surface area contributed by atoms with E-state index in [4.69, 9.17) is 10.5 Å². The van der Waals surface area contributed by atoms with Gasteiger partial charge in [0.2, 0.25) is 0 Å². The van der Waals surface area contributed by atoms with Crippen LogP contribution in [0.3, 0.4) is 0 Å². The van der Waals surface area contributed by atoms with E-state index in [1.54, 1.807) is 19.5 Å². The molecule has 2 aromatic rings. The molecule has 4 nitrogen and oxygen atoms in total. The molecule has 1 aromatic carbocycles. The highest BCUT2D eigenvalue weighted by Gasteiger charge is 2.08. The Morgan fingerprint density at radius 1 is 1.25 bits per heavy atom. The van der Waals surface area contributed by atoms with E-state index >= 15 is 0 Å². The van der Waals surface area contributed by atoms with Gasteiger partial charge in [-0.1, -0.05) is 15.9 Å². The maximum absolute atomic E-state index is 5.54. The van der Waals surface area contributed by atoms with E-state index in [1.807, 2.05) is 18.2 Å². The highest BCUT2D eigenvalue weighted by Crippen LogP contribution is 2.30. The first-order valence-electron chi connectivity index (χ1n) is 4.62. The van der Waals surface area contributed by atoms with E-state index < -0.39 is 0 Å². The number of benzene rings is 1. The van der Waals surface area contributed by atoms with Gasteiger partial charge in [0, 0.05) is 4.47 Å². The maximum atomic E-state index is 5.54. The number of hydrogen-bond acceptors (Lipinski definition) is 4. The van der Waals surface area contributed by atoms with E-state index in [0.717, 1.165) is 15.8 Å². The quantitative estimate of drug-likeness (QED) is 0.918. The molecule has 0 saturated carbocycles. The van der Waals surface area contributed by atoms with Crippen LogP contribution in [0.25, 0.3) is 11.4 Å². The third-order valence-electron chi connectivity index (χ3n) is 2.07. The zero-order chi connectivity index (χ0) is 11.5. The lowest BCUT2D eigenvalue weighted by Gasteiger charge is -2.07. The summed E-state index contributed by atoms with van der Waals surface area (Å²) in [4.78, 5) is 8.32. The molecule has 0 fully saturated rings. The predicted molar refractivity (Wildman–Crippen MR) is 66.1 cm³/mol. The number of ether oxygens (including phenoxy) is 1. The van der Waals surface area contributed by atoms with Crippen molar-refractivity contribution >= 4 is 21.6 Å². The summed E-state index contributed by atoms with van der Waals surface area (Å²) < 4.78 is 6.20. The lowest BCUT2D eigenvalue weighted by atomic mass is 10.2. The minimum Gasteiger partial charge on any atom is -0.496 e. The summed E-state index contributed by atoms with van der Waals surface area (Å²) in [6.07, 6.45) is 3.14. The number of rotatable bonds is 2. The molecule has 2 N–H and O–H groups in total. The van der Waals surface area contributed by atoms with Crippen molar-refractivity contribution in [3.63, 3.8) is 0 Å². The normalized spacial score (nSPS) is 10.1. The van der Waals surface area contributed by atoms with Crippen molar-refractivity contribution in [2.45, 2.75) is 0 Å². The molecule has 0 aliphatic heterocycles. The van der Waals surface area contributed by atoms with E-state index in [2.05, 4.69) is 25.9 Å². The fraction of sp³-hybridized carbons (Fsp3) is 0.0909. The molecule has 0 atom stereocenters. The molecule has 16 heavy (non-hydrogen) atoms. The summed E-state index contributed by atoms with van der Waals surface area (Å²) in [5.41, 5.74) is 6.91. The lowest BCUT2D eigenvalue weighted by molar-refractivity contribution is 0.416. The van der Waals surface area contributed by atoms with Gasteiger partial charge >= 0.3 is 0 Å². The highest BCUT2D eigenvalue weighted by molar-refractivity contribution is 9.10. The Balaban J connectivity index is 2.53. The first-order valence-corrected chi connectivity index (χ1v) is 5.41. The molecule has 5 heteroatoms. The molecular formula is C11H10BrN3O. The van der Waals surface area contributed by atoms with Crippen LogP contribution in [-0.2, 0) is 0 Å². The SMILES string of the molecule is COc1ccc(Br)cc1-c1ncc(N)cn1. The van der Waals surface area contributed by atoms with Gasteiger partial charge in [-0.15, -0.1) is 0 Å². The Kier molecular flexibility index (Phi) is 3.05. The Bertz CT molecular complexity index is 499. The number of hydrogen-bond donors (Lipinski definition) is 1. The fourth-order valence-corrected chi connectivity index (χ4v) is 1.69. The van der Waals surface area contributed by atoms with Crippen molar-refractivity contribution in [3.05, 3.63) is 35.1 Å². The van der Waals surface area contributed by atoms with Crippen LogP contribution in [0.1, 0.15) is 0 Å². The number of halogens is 1. The van der Waals surface area contributed by atoms with Gasteiger partial charge in [-0.05, 0) is 18.2 Å². The number of nitrogens with two attached hydrogens (primary N) is 1. The third kappa shape index (κ3) is 2.14. The van der Waals surface area contributed by atoms with Gasteiger partial charge in [0.25, 0.3) is 0 Å². The fourth-order valence-electron chi connectivity index (χ4n) is 1.33. The Hall–Kier alpha value is -1.62. The van der Waals surface area contributed by atoms with Gasteiger partial charge in [0.05, 0.1) is 30.8 Å². The summed E-state index contributed by atoms with van der Waals surface area (Å²) in [7, 11) is 1.62. The van der Waals surface area contributed by atoms with E-state index in [0.29, 0.717) is 11.5 Å². The van der Waals surface area contributed by atoms with Crippen LogP contribution in [0.5, 0.6) is 5.75 Å². The molecule has 2 rings (SSSR count). The Morgan fingerprint density at radius 2 is 1.94 bits per heavy atom. The summed E-state index contributed by atoms with van der Waals surface area (Å²) in [6.45, 7) is 0. The molecule has 82 valence electrons. The molecule has 1 heterocycles. The van der Waals surface area contributed by atoms with Crippen molar-refractivity contribution in [2.24, 2.45) is 0 Å². The van der Waals surface area contributed by atoms with Crippen molar-refractivity contribution in [1.29, 1.82) is 0 Å². The van der Waals surface area contributed by atoms with Crippen LogP contribution in [0.2, 0.25) is 0 Å². The first-order chi connectivity index (χ1) is 7.70. The van der Waals surface area contributed by atoms with Crippen LogP contribution in [-0.4, -0.2) is 17.1 Å². The first kappa shape index (κ1) is 10.9. The Morgan fingerprint density at radius 3 is 2.56 bits per heavy atom. The molecule has 0 amide bonds. The number of anilines is 1. The zero-order valence-electron chi connectivity index (χ0n) is 8.64. The minimum atomic E-state index is 0.540. The van der Waals surface area contributed by atoms with Crippen molar-refractivity contribution < 1.29 is 4.74 Å². The predicted octanol–water partition coefficient (Wildman–Crippen LogP) is 2.50. The lowest BCUT2D eigenvalue weighted by Crippen LogP contribution is -1.95. The largest absolute Gasteiger partial charge is 0.496 e. The summed E-state index contributed by atoms with van der Waals surface area (Å²) in [5, 5.41) is 0. The molecule has 0 saturated heterocycles. The van der Waals surface area contributed by atoms with Gasteiger partial charge in [-0.25, -0.2) is 9.97 Å². The molecule has 0 radical (unpaired) electrons. The molecule has 0 spiro atoms. The van der Waals surface area contributed by atoms with Crippen molar-refractivity contribution in [1.82, 2.24) is 9.97 Å². The Labute approximate surface area is 102 Å². The minimum absolute atomic E-state index is 0.540. The van der Waals surface area contributed by atoms with Crippen molar-refractivity contribution in [2.75, 3.05) is 12.8 Å². The second kappa shape index (κ2) is 4.49. The molecule has 0 aliphatic carbocycles. The standard InChI is InChI=1S/C11H10BrN3O/c1-16-10-3-2-7(12)4-9(10)11-14-5-8(13)6-15-11/h2-6H,13H2,1H3. The number of nitrogen functional groups attached to an aromatic ring is 1. The van der Waals surface area contributed by atoms with Crippen LogP contribution >= 0.6 is 15.9 Å². The van der Waals surface area contributed by atoms with Crippen LogP contribution in [0.15, 0.2) is 35.1 Å².